The van der Waals surface area contributed by atoms with Crippen molar-refractivity contribution in [3.63, 3.8) is 0 Å². The number of aliphatic hydroxyl groups is 2. The monoisotopic (exact) mass is 656 g/mol. The average molecular weight is 657 g/mol. The Morgan fingerprint density at radius 1 is 1.04 bits per heavy atom. The number of carbonyl (C=O) groups is 4. The molecule has 3 fully saturated rings. The molecule has 1 aromatic carbocycles. The van der Waals surface area contributed by atoms with Crippen LogP contribution in [-0.2, 0) is 33.0 Å². The van der Waals surface area contributed by atoms with Gasteiger partial charge in [0.25, 0.3) is 0 Å². The van der Waals surface area contributed by atoms with Crippen LogP contribution in [0.5, 0.6) is 0 Å². The van der Waals surface area contributed by atoms with Crippen molar-refractivity contribution >= 4 is 31.8 Å². The molecule has 1 saturated heterocycles. The zero-order valence-electron chi connectivity index (χ0n) is 28.2. The van der Waals surface area contributed by atoms with Crippen LogP contribution in [0.3, 0.4) is 0 Å². The molecule has 1 aliphatic heterocycles. The Morgan fingerprint density at radius 3 is 2.17 bits per heavy atom. The van der Waals surface area contributed by atoms with Gasteiger partial charge in [0.05, 0.1) is 35.7 Å². The molecule has 46 heavy (non-hydrogen) atoms. The maximum Gasteiger partial charge on any atom is 0.338 e. The van der Waals surface area contributed by atoms with Crippen molar-refractivity contribution in [2.75, 3.05) is 6.61 Å². The van der Waals surface area contributed by atoms with Crippen LogP contribution < -0.4 is 0 Å². The van der Waals surface area contributed by atoms with Gasteiger partial charge in [-0.1, -0.05) is 52.8 Å². The van der Waals surface area contributed by atoms with E-state index < -0.39 is 84.2 Å². The molecule has 1 aromatic rings. The summed E-state index contributed by atoms with van der Waals surface area (Å²) in [5, 5.41) is 24.3. The summed E-state index contributed by atoms with van der Waals surface area (Å²) in [5.41, 5.74) is -6.31. The highest BCUT2D eigenvalue weighted by molar-refractivity contribution is 6.73. The van der Waals surface area contributed by atoms with Crippen LogP contribution >= 0.6 is 0 Å². The molecule has 0 spiro atoms. The summed E-state index contributed by atoms with van der Waals surface area (Å²) in [6.45, 7) is 13.8. The molecule has 2 N–H and O–H groups in total. The van der Waals surface area contributed by atoms with E-state index in [1.54, 1.807) is 58.0 Å². The number of ether oxygens (including phenoxy) is 3. The highest BCUT2D eigenvalue weighted by atomic mass is 28.4. The first-order valence-corrected chi connectivity index (χ1v) is 19.0. The summed E-state index contributed by atoms with van der Waals surface area (Å²) in [6, 6.07) is 10.6. The van der Waals surface area contributed by atoms with E-state index in [2.05, 4.69) is 20.8 Å². The molecule has 0 amide bonds. The third kappa shape index (κ3) is 4.79. The average Bonchev–Trinajstić information content (AvgIpc) is 3.01. The van der Waals surface area contributed by atoms with Crippen LogP contribution in [0.1, 0.15) is 78.6 Å². The lowest BCUT2D eigenvalue weighted by molar-refractivity contribution is -0.342. The smallest absolute Gasteiger partial charge is 0.338 e. The second-order valence-corrected chi connectivity index (χ2v) is 19.1. The molecule has 3 aliphatic carbocycles. The Morgan fingerprint density at radius 2 is 1.65 bits per heavy atom. The lowest BCUT2D eigenvalue weighted by atomic mass is 9.45. The van der Waals surface area contributed by atoms with E-state index in [0.717, 1.165) is 18.1 Å². The van der Waals surface area contributed by atoms with Crippen LogP contribution in [0.4, 0.5) is 0 Å². The van der Waals surface area contributed by atoms with Crippen molar-refractivity contribution in [2.24, 2.45) is 16.7 Å². The Bertz CT molecular complexity index is 1440. The zero-order chi connectivity index (χ0) is 34.0. The SMILES string of the molecule is CC[Si](CC)(CC)O[C@H]1C[C@H]2OC[C@@]2(OC(C)=O)[C@H]2[C@H](OC(=O)c3ccccc3)[C@]3(O)C[C@H](O)C(C)=C(C(=O)C(=O)[C@]12C)C3(C)C. The van der Waals surface area contributed by atoms with Gasteiger partial charge in [-0.05, 0) is 49.7 Å². The number of esters is 2. The molecule has 252 valence electrons. The van der Waals surface area contributed by atoms with Crippen molar-refractivity contribution in [1.29, 1.82) is 0 Å². The summed E-state index contributed by atoms with van der Waals surface area (Å²) >= 11 is 0. The summed E-state index contributed by atoms with van der Waals surface area (Å²) in [5.74, 6) is -4.29. The topological polar surface area (TPSA) is 146 Å². The lowest BCUT2D eigenvalue weighted by Crippen LogP contribution is -2.82. The minimum atomic E-state index is -2.45. The molecule has 11 heteroatoms. The quantitative estimate of drug-likeness (QED) is 0.236. The highest BCUT2D eigenvalue weighted by Crippen LogP contribution is 2.64. The maximum absolute atomic E-state index is 15.0. The Balaban J connectivity index is 1.84. The third-order valence-electron chi connectivity index (χ3n) is 12.0. The van der Waals surface area contributed by atoms with Crippen molar-refractivity contribution in [3.05, 3.63) is 47.0 Å². The van der Waals surface area contributed by atoms with Crippen LogP contribution in [0.15, 0.2) is 41.5 Å². The van der Waals surface area contributed by atoms with Crippen molar-refractivity contribution in [2.45, 2.75) is 122 Å². The second kappa shape index (κ2) is 11.8. The van der Waals surface area contributed by atoms with Gasteiger partial charge in [0.2, 0.25) is 11.6 Å². The minimum Gasteiger partial charge on any atom is -0.455 e. The van der Waals surface area contributed by atoms with E-state index in [9.17, 15) is 24.6 Å². The third-order valence-corrected chi connectivity index (χ3v) is 16.7. The molecule has 0 unspecified atom stereocenters. The van der Waals surface area contributed by atoms with E-state index >= 15 is 4.79 Å². The van der Waals surface area contributed by atoms with Crippen LogP contribution in [-0.4, -0.2) is 84.3 Å². The number of rotatable bonds is 8. The first-order chi connectivity index (χ1) is 21.5. The molecule has 2 bridgehead atoms. The van der Waals surface area contributed by atoms with Gasteiger partial charge in [0, 0.05) is 30.8 Å². The Hall–Kier alpha value is -2.70. The Kier molecular flexibility index (Phi) is 8.86. The molecule has 0 aromatic heterocycles. The van der Waals surface area contributed by atoms with Gasteiger partial charge in [0.1, 0.15) is 17.8 Å². The largest absolute Gasteiger partial charge is 0.455 e. The molecular formula is C35H48O10Si. The fourth-order valence-corrected chi connectivity index (χ4v) is 11.8. The van der Waals surface area contributed by atoms with Gasteiger partial charge in [-0.2, -0.15) is 0 Å². The number of hydrogen-bond donors (Lipinski definition) is 2. The number of fused-ring (bicyclic) bond motifs is 5. The predicted molar refractivity (Wildman–Crippen MR) is 170 cm³/mol. The fraction of sp³-hybridized carbons (Fsp3) is 0.657. The van der Waals surface area contributed by atoms with Crippen molar-refractivity contribution in [3.8, 4) is 0 Å². The van der Waals surface area contributed by atoms with Gasteiger partial charge in [-0.15, -0.1) is 0 Å². The molecule has 10 nitrogen and oxygen atoms in total. The van der Waals surface area contributed by atoms with Crippen LogP contribution in [0.25, 0.3) is 0 Å². The van der Waals surface area contributed by atoms with Crippen molar-refractivity contribution in [1.82, 2.24) is 0 Å². The zero-order valence-corrected chi connectivity index (χ0v) is 29.2. The molecule has 2 saturated carbocycles. The summed E-state index contributed by atoms with van der Waals surface area (Å²) in [4.78, 5) is 56.4. The maximum atomic E-state index is 15.0. The van der Waals surface area contributed by atoms with Gasteiger partial charge in [-0.25, -0.2) is 4.79 Å². The lowest BCUT2D eigenvalue weighted by Gasteiger charge is -2.67. The fourth-order valence-electron chi connectivity index (χ4n) is 8.90. The highest BCUT2D eigenvalue weighted by Gasteiger charge is 2.78. The number of hydrogen-bond acceptors (Lipinski definition) is 10. The molecule has 1 heterocycles. The van der Waals surface area contributed by atoms with Gasteiger partial charge in [-0.3, -0.25) is 14.4 Å². The predicted octanol–water partition coefficient (Wildman–Crippen LogP) is 4.32. The van der Waals surface area contributed by atoms with Crippen molar-refractivity contribution < 1.29 is 48.0 Å². The van der Waals surface area contributed by atoms with Gasteiger partial charge < -0.3 is 28.8 Å². The first-order valence-electron chi connectivity index (χ1n) is 16.5. The van der Waals surface area contributed by atoms with Gasteiger partial charge in [0.15, 0.2) is 13.9 Å². The number of aliphatic hydroxyl groups excluding tert-OH is 1. The van der Waals surface area contributed by atoms with E-state index in [0.29, 0.717) is 0 Å². The molecule has 5 rings (SSSR count). The molecular weight excluding hydrogens is 608 g/mol. The van der Waals surface area contributed by atoms with E-state index in [4.69, 9.17) is 18.6 Å². The van der Waals surface area contributed by atoms with Crippen LogP contribution in [0.2, 0.25) is 18.1 Å². The molecule has 8 atom stereocenters. The van der Waals surface area contributed by atoms with E-state index in [1.165, 1.54) is 6.92 Å². The van der Waals surface area contributed by atoms with E-state index in [1.807, 2.05) is 0 Å². The molecule has 0 radical (unpaired) electrons. The minimum absolute atomic E-state index is 0.00330. The molecule has 4 aliphatic rings. The number of ketones is 2. The number of benzene rings is 1. The summed E-state index contributed by atoms with van der Waals surface area (Å²) < 4.78 is 25.6. The number of carbonyl (C=O) groups excluding carboxylic acids is 4. The summed E-state index contributed by atoms with van der Waals surface area (Å²) in [7, 11) is -2.45. The second-order valence-electron chi connectivity index (χ2n) is 14.4. The Labute approximate surface area is 271 Å². The summed E-state index contributed by atoms with van der Waals surface area (Å²) in [6.07, 6.45) is -4.59. The van der Waals surface area contributed by atoms with Crippen LogP contribution in [0, 0.1) is 16.7 Å². The number of Topliss-reactive ketones (excluding diaryl/α,β-unsaturated/α-hetero) is 2. The normalized spacial score (nSPS) is 36.9. The van der Waals surface area contributed by atoms with Gasteiger partial charge >= 0.3 is 11.9 Å². The van der Waals surface area contributed by atoms with E-state index in [-0.39, 0.29) is 36.2 Å². The first kappa shape index (κ1) is 34.6. The standard InChI is InChI=1S/C35H48O10Si/c1-9-46(10-2,11-3)45-24-17-25-34(19-42-25,44-21(5)36)28-30(43-31(40)22-15-13-12-14-16-22)35(41)18-23(37)20(4)26(32(35,6)7)27(38)29(39)33(24,28)8/h12-16,23-25,28,30,37,41H,9-11,17-19H2,1-8H3/t23-,24-,25+,28-,30-,33+,34-,35+/m0/s1.